The number of unbranched alkanes of at least 4 members (excludes halogenated alkanes) is 1. The van der Waals surface area contributed by atoms with Gasteiger partial charge in [0.25, 0.3) is 0 Å². The van der Waals surface area contributed by atoms with E-state index >= 15 is 0 Å². The number of tetrazole rings is 1. The number of carbonyl (C=O) groups is 1. The molecular weight excluding hydrogens is 226 g/mol. The fourth-order valence-electron chi connectivity index (χ4n) is 1.11. The Morgan fingerprint density at radius 1 is 1.62 bits per heavy atom. The lowest BCUT2D eigenvalue weighted by atomic mass is 10.3. The van der Waals surface area contributed by atoms with Crippen LogP contribution in [0.1, 0.15) is 38.6 Å². The maximum Gasteiger partial charge on any atom is 0.230 e. The van der Waals surface area contributed by atoms with Crippen LogP contribution in [0.5, 0.6) is 0 Å². The highest BCUT2D eigenvalue weighted by atomic mass is 32.2. The van der Waals surface area contributed by atoms with Crippen molar-refractivity contribution in [2.24, 2.45) is 0 Å². The third-order valence-electron chi connectivity index (χ3n) is 2.00. The largest absolute Gasteiger partial charge is 0.345 e. The molecule has 1 unspecified atom stereocenters. The summed E-state index contributed by atoms with van der Waals surface area (Å²) in [5.74, 6) is 2.04. The molecule has 1 heterocycles. The molecular formula is C9H17N5OS. The molecule has 6 nitrogen and oxygen atoms in total. The zero-order valence-corrected chi connectivity index (χ0v) is 10.4. The summed E-state index contributed by atoms with van der Waals surface area (Å²) in [6.45, 7) is 3.97. The van der Waals surface area contributed by atoms with Crippen molar-refractivity contribution in [3.8, 4) is 0 Å². The first-order valence-electron chi connectivity index (χ1n) is 5.34. The first kappa shape index (κ1) is 13.0. The Balaban J connectivity index is 2.19. The van der Waals surface area contributed by atoms with Crippen LogP contribution in [0.25, 0.3) is 0 Å². The molecule has 0 aliphatic rings. The number of nitrogens with one attached hydrogen (secondary N) is 2. The van der Waals surface area contributed by atoms with E-state index in [0.29, 0.717) is 11.6 Å². The molecule has 1 aromatic rings. The number of rotatable bonds is 7. The highest BCUT2D eigenvalue weighted by Crippen LogP contribution is 2.06. The quantitative estimate of drug-likeness (QED) is 0.695. The van der Waals surface area contributed by atoms with Gasteiger partial charge in [0.15, 0.2) is 5.82 Å². The lowest BCUT2D eigenvalue weighted by Gasteiger charge is -2.09. The van der Waals surface area contributed by atoms with E-state index in [1.54, 1.807) is 11.8 Å². The molecule has 1 amide bonds. The normalized spacial score (nSPS) is 12.4. The smallest absolute Gasteiger partial charge is 0.230 e. The average molecular weight is 243 g/mol. The zero-order chi connectivity index (χ0) is 11.8. The van der Waals surface area contributed by atoms with E-state index in [1.165, 1.54) is 0 Å². The monoisotopic (exact) mass is 243 g/mol. The standard InChI is InChI=1S/C9H17N5OS/c1-3-4-5-16-6-8(15)10-7(2)9-11-13-14-12-9/h7H,3-6H2,1-2H3,(H,10,15)(H,11,12,13,14). The van der Waals surface area contributed by atoms with Crippen LogP contribution in [0.4, 0.5) is 0 Å². The maximum absolute atomic E-state index is 11.5. The van der Waals surface area contributed by atoms with Crippen LogP contribution in [-0.4, -0.2) is 38.0 Å². The van der Waals surface area contributed by atoms with E-state index in [1.807, 2.05) is 6.92 Å². The van der Waals surface area contributed by atoms with Crippen molar-refractivity contribution in [2.45, 2.75) is 32.7 Å². The number of carbonyl (C=O) groups excluding carboxylic acids is 1. The minimum absolute atomic E-state index is 0.0124. The molecule has 7 heteroatoms. The van der Waals surface area contributed by atoms with Gasteiger partial charge in [-0.25, -0.2) is 0 Å². The molecule has 0 saturated carbocycles. The van der Waals surface area contributed by atoms with E-state index < -0.39 is 0 Å². The van der Waals surface area contributed by atoms with E-state index in [2.05, 4.69) is 32.9 Å². The zero-order valence-electron chi connectivity index (χ0n) is 9.56. The Bertz CT molecular complexity index is 303. The molecule has 0 saturated heterocycles. The van der Waals surface area contributed by atoms with Gasteiger partial charge in [0.2, 0.25) is 5.91 Å². The van der Waals surface area contributed by atoms with E-state index in [9.17, 15) is 4.79 Å². The van der Waals surface area contributed by atoms with Crippen molar-refractivity contribution < 1.29 is 4.79 Å². The summed E-state index contributed by atoms with van der Waals surface area (Å²) in [5.41, 5.74) is 0. The van der Waals surface area contributed by atoms with Crippen LogP contribution in [0.3, 0.4) is 0 Å². The molecule has 0 radical (unpaired) electrons. The third-order valence-corrected chi connectivity index (χ3v) is 3.05. The fourth-order valence-corrected chi connectivity index (χ4v) is 2.02. The van der Waals surface area contributed by atoms with Gasteiger partial charge >= 0.3 is 0 Å². The van der Waals surface area contributed by atoms with Gasteiger partial charge < -0.3 is 5.32 Å². The number of nitrogens with zero attached hydrogens (tertiary/aromatic N) is 3. The Labute approximate surface area is 99.0 Å². The Morgan fingerprint density at radius 2 is 2.44 bits per heavy atom. The molecule has 1 rings (SSSR count). The molecule has 0 fully saturated rings. The van der Waals surface area contributed by atoms with Crippen LogP contribution in [0.15, 0.2) is 0 Å². The second-order valence-corrected chi connectivity index (χ2v) is 4.57. The predicted octanol–water partition coefficient (Wildman–Crippen LogP) is 0.910. The van der Waals surface area contributed by atoms with Gasteiger partial charge in [-0.2, -0.15) is 17.0 Å². The molecule has 2 N–H and O–H groups in total. The number of aromatic nitrogens is 4. The number of hydrogen-bond donors (Lipinski definition) is 2. The van der Waals surface area contributed by atoms with Gasteiger partial charge in [-0.15, -0.1) is 10.2 Å². The number of hydrogen-bond acceptors (Lipinski definition) is 5. The Morgan fingerprint density at radius 3 is 3.06 bits per heavy atom. The molecule has 0 aliphatic carbocycles. The second-order valence-electron chi connectivity index (χ2n) is 3.47. The Hall–Kier alpha value is -1.11. The summed E-state index contributed by atoms with van der Waals surface area (Å²) >= 11 is 1.65. The van der Waals surface area contributed by atoms with Crippen LogP contribution < -0.4 is 5.32 Å². The number of H-pyrrole nitrogens is 1. The summed E-state index contributed by atoms with van der Waals surface area (Å²) in [6, 6.07) is -0.196. The lowest BCUT2D eigenvalue weighted by Crippen LogP contribution is -2.29. The third kappa shape index (κ3) is 4.61. The summed E-state index contributed by atoms with van der Waals surface area (Å²) in [5, 5.41) is 16.2. The molecule has 1 aromatic heterocycles. The average Bonchev–Trinajstić information content (AvgIpc) is 2.77. The molecule has 90 valence electrons. The molecule has 0 bridgehead atoms. The first-order valence-corrected chi connectivity index (χ1v) is 6.50. The second kappa shape index (κ2) is 7.21. The van der Waals surface area contributed by atoms with Crippen LogP contribution in [0, 0.1) is 0 Å². The van der Waals surface area contributed by atoms with E-state index in [0.717, 1.165) is 18.6 Å². The number of thioether (sulfide) groups is 1. The van der Waals surface area contributed by atoms with Gasteiger partial charge in [0.1, 0.15) is 0 Å². The summed E-state index contributed by atoms with van der Waals surface area (Å²) in [6.07, 6.45) is 2.31. The van der Waals surface area contributed by atoms with Crippen molar-refractivity contribution >= 4 is 17.7 Å². The molecule has 0 aromatic carbocycles. The van der Waals surface area contributed by atoms with Crippen LogP contribution in [-0.2, 0) is 4.79 Å². The summed E-state index contributed by atoms with van der Waals surface area (Å²) in [4.78, 5) is 11.5. The number of aromatic amines is 1. The van der Waals surface area contributed by atoms with Crippen molar-refractivity contribution in [1.82, 2.24) is 25.9 Å². The predicted molar refractivity (Wildman–Crippen MR) is 63.0 cm³/mol. The Kier molecular flexibility index (Phi) is 5.84. The van der Waals surface area contributed by atoms with Gasteiger partial charge in [-0.1, -0.05) is 18.6 Å². The number of amides is 1. The van der Waals surface area contributed by atoms with Gasteiger partial charge in [0.05, 0.1) is 11.8 Å². The molecule has 0 spiro atoms. The van der Waals surface area contributed by atoms with Crippen molar-refractivity contribution in [3.63, 3.8) is 0 Å². The van der Waals surface area contributed by atoms with Gasteiger partial charge in [0, 0.05) is 0 Å². The van der Waals surface area contributed by atoms with Crippen LogP contribution >= 0.6 is 11.8 Å². The highest BCUT2D eigenvalue weighted by molar-refractivity contribution is 7.99. The first-order chi connectivity index (χ1) is 7.74. The SMILES string of the molecule is CCCCSCC(=O)NC(C)c1nn[nH]n1. The minimum atomic E-state index is -0.196. The van der Waals surface area contributed by atoms with Crippen LogP contribution in [0.2, 0.25) is 0 Å². The highest BCUT2D eigenvalue weighted by Gasteiger charge is 2.12. The summed E-state index contributed by atoms with van der Waals surface area (Å²) < 4.78 is 0. The maximum atomic E-state index is 11.5. The van der Waals surface area contributed by atoms with E-state index in [4.69, 9.17) is 0 Å². The molecule has 1 atom stereocenters. The van der Waals surface area contributed by atoms with Crippen molar-refractivity contribution in [3.05, 3.63) is 5.82 Å². The van der Waals surface area contributed by atoms with Crippen molar-refractivity contribution in [1.29, 1.82) is 0 Å². The topological polar surface area (TPSA) is 83.6 Å². The van der Waals surface area contributed by atoms with E-state index in [-0.39, 0.29) is 11.9 Å². The fraction of sp³-hybridized carbons (Fsp3) is 0.778. The lowest BCUT2D eigenvalue weighted by molar-refractivity contribution is -0.119. The van der Waals surface area contributed by atoms with Gasteiger partial charge in [-0.3, -0.25) is 4.79 Å². The van der Waals surface area contributed by atoms with Gasteiger partial charge in [-0.05, 0) is 19.1 Å². The summed E-state index contributed by atoms with van der Waals surface area (Å²) in [7, 11) is 0. The van der Waals surface area contributed by atoms with Crippen molar-refractivity contribution in [2.75, 3.05) is 11.5 Å². The molecule has 0 aliphatic heterocycles. The molecule has 16 heavy (non-hydrogen) atoms. The minimum Gasteiger partial charge on any atom is -0.345 e.